The van der Waals surface area contributed by atoms with Crippen molar-refractivity contribution in [2.75, 3.05) is 6.54 Å². The first kappa shape index (κ1) is 17.8. The second-order valence-corrected chi connectivity index (χ2v) is 6.85. The minimum absolute atomic E-state index is 0.204. The number of ether oxygens (including phenoxy) is 1. The van der Waals surface area contributed by atoms with E-state index in [1.165, 1.54) is 0 Å². The van der Waals surface area contributed by atoms with Crippen LogP contribution >= 0.6 is 0 Å². The van der Waals surface area contributed by atoms with Gasteiger partial charge < -0.3 is 16.2 Å². The molecular weight excluding hydrogens is 304 g/mol. The number of nitrogens with two attached hydrogens (primary N) is 2. The van der Waals surface area contributed by atoms with Crippen molar-refractivity contribution in [3.63, 3.8) is 0 Å². The van der Waals surface area contributed by atoms with Crippen LogP contribution in [-0.2, 0) is 4.74 Å². The molecule has 0 aromatic heterocycles. The zero-order valence-corrected chi connectivity index (χ0v) is 14.5. The number of para-hydroxylation sites is 1. The van der Waals surface area contributed by atoms with Gasteiger partial charge in [-0.1, -0.05) is 18.2 Å². The van der Waals surface area contributed by atoms with E-state index >= 15 is 0 Å². The lowest BCUT2D eigenvalue weighted by Gasteiger charge is -2.28. The summed E-state index contributed by atoms with van der Waals surface area (Å²) in [4.78, 5) is 18.3. The molecular formula is C18H26N4O2. The Bertz CT molecular complexity index is 632. The number of carbonyl (C=O) groups excluding carboxylic acids is 1. The van der Waals surface area contributed by atoms with Crippen LogP contribution in [0.5, 0.6) is 0 Å². The Labute approximate surface area is 143 Å². The Kier molecular flexibility index (Phi) is 5.49. The Morgan fingerprint density at radius 1 is 1.29 bits per heavy atom. The number of likely N-dealkylation sites (tertiary alicyclic amines) is 1. The van der Waals surface area contributed by atoms with Crippen molar-refractivity contribution in [3.8, 4) is 0 Å². The molecule has 4 N–H and O–H groups in total. The van der Waals surface area contributed by atoms with Gasteiger partial charge in [-0.3, -0.25) is 4.90 Å². The monoisotopic (exact) mass is 330 g/mol. The predicted molar refractivity (Wildman–Crippen MR) is 96.0 cm³/mol. The van der Waals surface area contributed by atoms with Gasteiger partial charge in [0, 0.05) is 18.3 Å². The largest absolute Gasteiger partial charge is 0.444 e. The topological polar surface area (TPSA) is 93.9 Å². The molecule has 1 fully saturated rings. The summed E-state index contributed by atoms with van der Waals surface area (Å²) in [5.74, 6) is 0.315. The van der Waals surface area contributed by atoms with Crippen LogP contribution < -0.4 is 11.5 Å². The van der Waals surface area contributed by atoms with Gasteiger partial charge in [0.25, 0.3) is 0 Å². The van der Waals surface area contributed by atoms with Crippen LogP contribution in [0.25, 0.3) is 0 Å². The van der Waals surface area contributed by atoms with Gasteiger partial charge in [0.2, 0.25) is 0 Å². The molecule has 1 aromatic rings. The van der Waals surface area contributed by atoms with E-state index in [1.54, 1.807) is 11.0 Å². The number of hydrogen-bond acceptors (Lipinski definition) is 4. The summed E-state index contributed by atoms with van der Waals surface area (Å²) in [6, 6.07) is 9.21. The Morgan fingerprint density at radius 2 is 1.96 bits per heavy atom. The average Bonchev–Trinajstić information content (AvgIpc) is 2.96. The SMILES string of the molecule is CC(C)(C)OC(=O)N1CCCC1C(N)=CC(N)=Nc1ccccc1. The van der Waals surface area contributed by atoms with Gasteiger partial charge in [-0.05, 0) is 45.7 Å². The quantitative estimate of drug-likeness (QED) is 0.658. The maximum absolute atomic E-state index is 12.3. The number of amidine groups is 1. The van der Waals surface area contributed by atoms with Crippen LogP contribution in [0.3, 0.4) is 0 Å². The predicted octanol–water partition coefficient (Wildman–Crippen LogP) is 2.92. The highest BCUT2D eigenvalue weighted by Crippen LogP contribution is 2.24. The van der Waals surface area contributed by atoms with Crippen molar-refractivity contribution in [1.82, 2.24) is 4.90 Å². The number of benzene rings is 1. The van der Waals surface area contributed by atoms with E-state index in [9.17, 15) is 4.79 Å². The smallest absolute Gasteiger partial charge is 0.410 e. The van der Waals surface area contributed by atoms with Crippen LogP contribution in [0.2, 0.25) is 0 Å². The Balaban J connectivity index is 2.11. The highest BCUT2D eigenvalue weighted by atomic mass is 16.6. The van der Waals surface area contributed by atoms with Crippen molar-refractivity contribution < 1.29 is 9.53 Å². The molecule has 1 heterocycles. The molecule has 1 aliphatic rings. The molecule has 130 valence electrons. The van der Waals surface area contributed by atoms with Crippen molar-refractivity contribution in [3.05, 3.63) is 42.1 Å². The van der Waals surface area contributed by atoms with Crippen LogP contribution in [0, 0.1) is 0 Å². The fraction of sp³-hybridized carbons (Fsp3) is 0.444. The van der Waals surface area contributed by atoms with E-state index in [0.29, 0.717) is 18.1 Å². The van der Waals surface area contributed by atoms with Crippen LogP contribution in [-0.4, -0.2) is 35.0 Å². The van der Waals surface area contributed by atoms with Crippen molar-refractivity contribution >= 4 is 17.6 Å². The second-order valence-electron chi connectivity index (χ2n) is 6.85. The van der Waals surface area contributed by atoms with Gasteiger partial charge >= 0.3 is 6.09 Å². The van der Waals surface area contributed by atoms with Crippen LogP contribution in [0.1, 0.15) is 33.6 Å². The number of amides is 1. The lowest BCUT2D eigenvalue weighted by Crippen LogP contribution is -2.42. The fourth-order valence-electron chi connectivity index (χ4n) is 2.60. The van der Waals surface area contributed by atoms with Crippen LogP contribution in [0.15, 0.2) is 47.1 Å². The second kappa shape index (κ2) is 7.38. The lowest BCUT2D eigenvalue weighted by molar-refractivity contribution is 0.0248. The summed E-state index contributed by atoms with van der Waals surface area (Å²) >= 11 is 0. The van der Waals surface area contributed by atoms with Gasteiger partial charge in [0.1, 0.15) is 11.4 Å². The summed E-state index contributed by atoms with van der Waals surface area (Å²) in [6.07, 6.45) is 2.95. The van der Waals surface area contributed by atoms with E-state index in [-0.39, 0.29) is 12.1 Å². The van der Waals surface area contributed by atoms with Gasteiger partial charge in [-0.25, -0.2) is 9.79 Å². The van der Waals surface area contributed by atoms with E-state index in [1.807, 2.05) is 51.1 Å². The minimum atomic E-state index is -0.531. The van der Waals surface area contributed by atoms with E-state index in [0.717, 1.165) is 18.5 Å². The first-order chi connectivity index (χ1) is 11.3. The first-order valence-electron chi connectivity index (χ1n) is 8.12. The highest BCUT2D eigenvalue weighted by Gasteiger charge is 2.33. The molecule has 6 nitrogen and oxygen atoms in total. The third kappa shape index (κ3) is 5.01. The molecule has 0 aliphatic carbocycles. The summed E-state index contributed by atoms with van der Waals surface area (Å²) in [6.45, 7) is 6.17. The van der Waals surface area contributed by atoms with E-state index in [4.69, 9.17) is 16.2 Å². The summed E-state index contributed by atoms with van der Waals surface area (Å²) in [7, 11) is 0. The van der Waals surface area contributed by atoms with Gasteiger partial charge in [-0.2, -0.15) is 0 Å². The number of hydrogen-bond donors (Lipinski definition) is 2. The molecule has 1 saturated heterocycles. The third-order valence-electron chi connectivity index (χ3n) is 3.59. The van der Waals surface area contributed by atoms with Gasteiger partial charge in [0.05, 0.1) is 11.7 Å². The Hall–Kier alpha value is -2.50. The first-order valence-corrected chi connectivity index (χ1v) is 8.12. The molecule has 1 atom stereocenters. The number of rotatable bonds is 3. The lowest BCUT2D eigenvalue weighted by atomic mass is 10.1. The maximum Gasteiger partial charge on any atom is 0.410 e. The maximum atomic E-state index is 12.3. The molecule has 0 radical (unpaired) electrons. The third-order valence-corrected chi connectivity index (χ3v) is 3.59. The van der Waals surface area contributed by atoms with Crippen molar-refractivity contribution in [2.45, 2.75) is 45.3 Å². The molecule has 24 heavy (non-hydrogen) atoms. The molecule has 0 bridgehead atoms. The van der Waals surface area contributed by atoms with Crippen molar-refractivity contribution in [2.24, 2.45) is 16.5 Å². The zero-order chi connectivity index (χ0) is 17.7. The zero-order valence-electron chi connectivity index (χ0n) is 14.5. The molecule has 1 aromatic carbocycles. The highest BCUT2D eigenvalue weighted by molar-refractivity contribution is 5.94. The van der Waals surface area contributed by atoms with Crippen molar-refractivity contribution in [1.29, 1.82) is 0 Å². The minimum Gasteiger partial charge on any atom is -0.444 e. The summed E-state index contributed by atoms with van der Waals surface area (Å²) in [5.41, 5.74) is 12.9. The summed E-state index contributed by atoms with van der Waals surface area (Å²) < 4.78 is 5.45. The standard InChI is InChI=1S/C18H26N4O2/c1-18(2,3)24-17(23)22-11-7-10-15(22)14(19)12-16(20)21-13-8-5-4-6-9-13/h4-6,8-9,12,15H,7,10-11,19H2,1-3H3,(H2,20,21). The number of carbonyl (C=O) groups is 1. The Morgan fingerprint density at radius 3 is 2.58 bits per heavy atom. The van der Waals surface area contributed by atoms with Gasteiger partial charge in [-0.15, -0.1) is 0 Å². The number of aliphatic imine (C=N–C) groups is 1. The fourth-order valence-corrected chi connectivity index (χ4v) is 2.60. The molecule has 1 unspecified atom stereocenters. The van der Waals surface area contributed by atoms with Crippen LogP contribution in [0.4, 0.5) is 10.5 Å². The average molecular weight is 330 g/mol. The molecule has 1 amide bonds. The summed E-state index contributed by atoms with van der Waals surface area (Å²) in [5, 5.41) is 0. The van der Waals surface area contributed by atoms with E-state index < -0.39 is 5.60 Å². The van der Waals surface area contributed by atoms with E-state index in [2.05, 4.69) is 4.99 Å². The molecule has 0 spiro atoms. The molecule has 0 saturated carbocycles. The normalized spacial score (nSPS) is 19.5. The molecule has 1 aliphatic heterocycles. The van der Waals surface area contributed by atoms with Gasteiger partial charge in [0.15, 0.2) is 0 Å². The molecule has 2 rings (SSSR count). The number of nitrogens with zero attached hydrogens (tertiary/aromatic N) is 2. The molecule has 6 heteroatoms.